The highest BCUT2D eigenvalue weighted by molar-refractivity contribution is 5.78. The Morgan fingerprint density at radius 1 is 1.04 bits per heavy atom. The number of aryl methyl sites for hydroxylation is 1. The molecule has 7 heteroatoms. The predicted molar refractivity (Wildman–Crippen MR) is 101 cm³/mol. The van der Waals surface area contributed by atoms with Crippen molar-refractivity contribution in [1.82, 2.24) is 25.7 Å². The molecule has 0 saturated heterocycles. The molecule has 3 N–H and O–H groups in total. The van der Waals surface area contributed by atoms with Gasteiger partial charge in [0.2, 0.25) is 5.91 Å². The zero-order valence-electron chi connectivity index (χ0n) is 15.6. The van der Waals surface area contributed by atoms with Crippen LogP contribution >= 0.6 is 0 Å². The van der Waals surface area contributed by atoms with Gasteiger partial charge in [-0.2, -0.15) is 5.10 Å². The fourth-order valence-electron chi connectivity index (χ4n) is 2.62. The zero-order chi connectivity index (χ0) is 18.9. The zero-order valence-corrected chi connectivity index (χ0v) is 15.6. The Balaban J connectivity index is 1.85. The number of hydrogen-bond acceptors (Lipinski definition) is 3. The normalized spacial score (nSPS) is 10.4. The summed E-state index contributed by atoms with van der Waals surface area (Å²) in [6.07, 6.45) is 1.17. The van der Waals surface area contributed by atoms with E-state index in [1.807, 2.05) is 55.8 Å². The maximum Gasteiger partial charge on any atom is 0.315 e. The molecular weight excluding hydrogens is 330 g/mol. The first-order valence-electron chi connectivity index (χ1n) is 8.91. The summed E-state index contributed by atoms with van der Waals surface area (Å²) in [6.45, 7) is 7.27. The summed E-state index contributed by atoms with van der Waals surface area (Å²) >= 11 is 0. The van der Waals surface area contributed by atoms with Crippen LogP contribution in [0.3, 0.4) is 0 Å². The van der Waals surface area contributed by atoms with E-state index in [4.69, 9.17) is 0 Å². The fraction of sp³-hybridized carbons (Fsp3) is 0.421. The van der Waals surface area contributed by atoms with Crippen LogP contribution in [0.15, 0.2) is 30.3 Å². The van der Waals surface area contributed by atoms with E-state index in [0.29, 0.717) is 19.6 Å². The number of benzene rings is 1. The Bertz CT molecular complexity index is 740. The minimum Gasteiger partial charge on any atom is -0.356 e. The number of carbonyl (C=O) groups is 2. The first kappa shape index (κ1) is 19.5. The lowest BCUT2D eigenvalue weighted by Gasteiger charge is -2.09. The molecule has 1 aromatic carbocycles. The van der Waals surface area contributed by atoms with Gasteiger partial charge in [0.1, 0.15) is 0 Å². The van der Waals surface area contributed by atoms with E-state index >= 15 is 0 Å². The molecular formula is C19H27N5O2. The molecule has 2 rings (SSSR count). The van der Waals surface area contributed by atoms with Crippen LogP contribution in [0.2, 0.25) is 0 Å². The van der Waals surface area contributed by atoms with Crippen LogP contribution in [0, 0.1) is 13.8 Å². The number of hydrogen-bond donors (Lipinski definition) is 3. The summed E-state index contributed by atoms with van der Waals surface area (Å²) in [6, 6.07) is 9.59. The second-order valence-corrected chi connectivity index (χ2v) is 6.11. The highest BCUT2D eigenvalue weighted by Crippen LogP contribution is 2.17. The van der Waals surface area contributed by atoms with E-state index in [9.17, 15) is 9.59 Å². The van der Waals surface area contributed by atoms with Crippen LogP contribution in [-0.2, 0) is 11.3 Å². The molecule has 0 unspecified atom stereocenters. The van der Waals surface area contributed by atoms with Crippen molar-refractivity contribution in [2.75, 3.05) is 13.1 Å². The van der Waals surface area contributed by atoms with Crippen molar-refractivity contribution in [3.8, 4) is 5.69 Å². The third-order valence-corrected chi connectivity index (χ3v) is 4.08. The van der Waals surface area contributed by atoms with E-state index in [2.05, 4.69) is 21.0 Å². The van der Waals surface area contributed by atoms with Gasteiger partial charge in [-0.25, -0.2) is 9.48 Å². The third kappa shape index (κ3) is 5.34. The maximum atomic E-state index is 11.9. The van der Waals surface area contributed by atoms with Crippen molar-refractivity contribution in [3.63, 3.8) is 0 Å². The molecule has 0 aliphatic rings. The van der Waals surface area contributed by atoms with Crippen LogP contribution in [0.4, 0.5) is 4.79 Å². The van der Waals surface area contributed by atoms with Crippen LogP contribution in [0.25, 0.3) is 5.69 Å². The molecule has 1 heterocycles. The van der Waals surface area contributed by atoms with Crippen molar-refractivity contribution in [3.05, 3.63) is 47.3 Å². The second-order valence-electron chi connectivity index (χ2n) is 6.11. The number of carbonyl (C=O) groups excluding carboxylic acids is 2. The number of nitrogens with one attached hydrogen (secondary N) is 3. The molecule has 0 spiro atoms. The lowest BCUT2D eigenvalue weighted by molar-refractivity contribution is -0.120. The van der Waals surface area contributed by atoms with Crippen LogP contribution in [0.1, 0.15) is 36.7 Å². The van der Waals surface area contributed by atoms with Crippen LogP contribution in [0.5, 0.6) is 0 Å². The monoisotopic (exact) mass is 357 g/mol. The quantitative estimate of drug-likeness (QED) is 0.677. The molecule has 0 bridgehead atoms. The Hall–Kier alpha value is -2.83. The molecule has 2 aromatic rings. The van der Waals surface area contributed by atoms with E-state index in [1.54, 1.807) is 0 Å². The molecule has 0 atom stereocenters. The standard InChI is InChI=1S/C19H27N5O2/c1-4-11-20-18(25)10-12-21-19(26)22-13-17-14(2)23-24(15(17)3)16-8-6-5-7-9-16/h5-9H,4,10-13H2,1-3H3,(H,20,25)(H2,21,22,26). The van der Waals surface area contributed by atoms with Gasteiger partial charge in [-0.15, -0.1) is 0 Å². The SMILES string of the molecule is CCCNC(=O)CCNC(=O)NCc1c(C)nn(-c2ccccc2)c1C. The van der Waals surface area contributed by atoms with Crippen molar-refractivity contribution in [2.24, 2.45) is 0 Å². The first-order chi connectivity index (χ1) is 12.5. The van der Waals surface area contributed by atoms with E-state index in [-0.39, 0.29) is 18.4 Å². The Morgan fingerprint density at radius 3 is 2.46 bits per heavy atom. The molecule has 1 aromatic heterocycles. The molecule has 26 heavy (non-hydrogen) atoms. The summed E-state index contributed by atoms with van der Waals surface area (Å²) in [4.78, 5) is 23.4. The van der Waals surface area contributed by atoms with Gasteiger partial charge in [0.05, 0.1) is 11.4 Å². The molecule has 0 aliphatic carbocycles. The van der Waals surface area contributed by atoms with E-state index < -0.39 is 0 Å². The van der Waals surface area contributed by atoms with Gasteiger partial charge in [-0.1, -0.05) is 25.1 Å². The third-order valence-electron chi connectivity index (χ3n) is 4.08. The highest BCUT2D eigenvalue weighted by atomic mass is 16.2. The summed E-state index contributed by atoms with van der Waals surface area (Å²) in [5.41, 5.74) is 3.85. The topological polar surface area (TPSA) is 88.1 Å². The number of rotatable bonds is 8. The molecule has 0 radical (unpaired) electrons. The smallest absolute Gasteiger partial charge is 0.315 e. The maximum absolute atomic E-state index is 11.9. The fourth-order valence-corrected chi connectivity index (χ4v) is 2.62. The van der Waals surface area contributed by atoms with Crippen LogP contribution in [-0.4, -0.2) is 34.8 Å². The number of nitrogens with zero attached hydrogens (tertiary/aromatic N) is 2. The number of amides is 3. The minimum atomic E-state index is -0.292. The lowest BCUT2D eigenvalue weighted by atomic mass is 10.2. The number of para-hydroxylation sites is 1. The predicted octanol–water partition coefficient (Wildman–Crippen LogP) is 2.20. The first-order valence-corrected chi connectivity index (χ1v) is 8.91. The van der Waals surface area contributed by atoms with Gasteiger partial charge in [-0.05, 0) is 32.4 Å². The van der Waals surface area contributed by atoms with Gasteiger partial charge in [-0.3, -0.25) is 4.79 Å². The van der Waals surface area contributed by atoms with Gasteiger partial charge < -0.3 is 16.0 Å². The average molecular weight is 357 g/mol. The average Bonchev–Trinajstić information content (AvgIpc) is 2.93. The molecule has 3 amide bonds. The van der Waals surface area contributed by atoms with Gasteiger partial charge >= 0.3 is 6.03 Å². The Morgan fingerprint density at radius 2 is 1.77 bits per heavy atom. The number of urea groups is 1. The largest absolute Gasteiger partial charge is 0.356 e. The van der Waals surface area contributed by atoms with E-state index in [0.717, 1.165) is 29.1 Å². The molecule has 0 aliphatic heterocycles. The summed E-state index contributed by atoms with van der Waals surface area (Å²) in [5, 5.41) is 12.9. The summed E-state index contributed by atoms with van der Waals surface area (Å²) in [5.74, 6) is -0.0528. The molecule has 0 fully saturated rings. The molecule has 140 valence electrons. The summed E-state index contributed by atoms with van der Waals surface area (Å²) in [7, 11) is 0. The summed E-state index contributed by atoms with van der Waals surface area (Å²) < 4.78 is 1.88. The van der Waals surface area contributed by atoms with Crippen molar-refractivity contribution in [1.29, 1.82) is 0 Å². The highest BCUT2D eigenvalue weighted by Gasteiger charge is 2.13. The van der Waals surface area contributed by atoms with Gasteiger partial charge in [0.25, 0.3) is 0 Å². The lowest BCUT2D eigenvalue weighted by Crippen LogP contribution is -2.37. The van der Waals surface area contributed by atoms with E-state index in [1.165, 1.54) is 0 Å². The Labute approximate surface area is 154 Å². The van der Waals surface area contributed by atoms with Gasteiger partial charge in [0, 0.05) is 37.3 Å². The van der Waals surface area contributed by atoms with Gasteiger partial charge in [0.15, 0.2) is 0 Å². The second kappa shape index (κ2) is 9.60. The Kier molecular flexibility index (Phi) is 7.20. The minimum absolute atomic E-state index is 0.0528. The van der Waals surface area contributed by atoms with Crippen molar-refractivity contribution in [2.45, 2.75) is 40.2 Å². The molecule has 0 saturated carbocycles. The van der Waals surface area contributed by atoms with Crippen molar-refractivity contribution < 1.29 is 9.59 Å². The van der Waals surface area contributed by atoms with Crippen molar-refractivity contribution >= 4 is 11.9 Å². The molecule has 7 nitrogen and oxygen atoms in total. The van der Waals surface area contributed by atoms with Crippen LogP contribution < -0.4 is 16.0 Å². The number of aromatic nitrogens is 2.